The molecular weight excluding hydrogens is 228 g/mol. The van der Waals surface area contributed by atoms with Gasteiger partial charge in [-0.05, 0) is 18.2 Å². The number of likely N-dealkylation sites (N-methyl/N-ethyl adjacent to an activating group) is 1. The third-order valence-electron chi connectivity index (χ3n) is 1.80. The van der Waals surface area contributed by atoms with Crippen molar-refractivity contribution in [3.05, 3.63) is 35.3 Å². The first-order chi connectivity index (χ1) is 6.15. The van der Waals surface area contributed by atoms with E-state index in [-0.39, 0.29) is 0 Å². The molecule has 0 amide bonds. The number of benzene rings is 1. The summed E-state index contributed by atoms with van der Waals surface area (Å²) in [6.07, 6.45) is 1.85. The number of rotatable bonds is 3. The van der Waals surface area contributed by atoms with Crippen LogP contribution in [0.5, 0.6) is 0 Å². The van der Waals surface area contributed by atoms with E-state index in [9.17, 15) is 0 Å². The Labute approximate surface area is 87.2 Å². The Bertz CT molecular complexity index is 310. The SMILES string of the molecule is C=CCN(C)c1ccc(Br)cc1N. The molecule has 2 N–H and O–H groups in total. The normalized spacial score (nSPS) is 9.69. The summed E-state index contributed by atoms with van der Waals surface area (Å²) in [5.41, 5.74) is 7.65. The summed E-state index contributed by atoms with van der Waals surface area (Å²) < 4.78 is 1.00. The number of hydrogen-bond donors (Lipinski definition) is 1. The van der Waals surface area contributed by atoms with Crippen LogP contribution < -0.4 is 10.6 Å². The van der Waals surface area contributed by atoms with E-state index in [4.69, 9.17) is 5.73 Å². The largest absolute Gasteiger partial charge is 0.397 e. The minimum Gasteiger partial charge on any atom is -0.397 e. The van der Waals surface area contributed by atoms with E-state index in [1.165, 1.54) is 0 Å². The Hall–Kier alpha value is -0.960. The molecule has 0 atom stereocenters. The monoisotopic (exact) mass is 240 g/mol. The van der Waals surface area contributed by atoms with Gasteiger partial charge < -0.3 is 10.6 Å². The van der Waals surface area contributed by atoms with Gasteiger partial charge in [-0.3, -0.25) is 0 Å². The van der Waals surface area contributed by atoms with Gasteiger partial charge in [-0.25, -0.2) is 0 Å². The van der Waals surface area contributed by atoms with Gasteiger partial charge in [0.1, 0.15) is 0 Å². The van der Waals surface area contributed by atoms with Gasteiger partial charge in [0.15, 0.2) is 0 Å². The first-order valence-electron chi connectivity index (χ1n) is 4.02. The molecule has 0 saturated heterocycles. The molecule has 2 nitrogen and oxygen atoms in total. The third kappa shape index (κ3) is 2.49. The van der Waals surface area contributed by atoms with Crippen LogP contribution in [0.4, 0.5) is 11.4 Å². The van der Waals surface area contributed by atoms with Gasteiger partial charge >= 0.3 is 0 Å². The highest BCUT2D eigenvalue weighted by atomic mass is 79.9. The van der Waals surface area contributed by atoms with Crippen LogP contribution in [0.3, 0.4) is 0 Å². The molecule has 3 heteroatoms. The first-order valence-corrected chi connectivity index (χ1v) is 4.81. The van der Waals surface area contributed by atoms with Gasteiger partial charge in [0, 0.05) is 18.1 Å². The number of anilines is 2. The maximum atomic E-state index is 5.85. The second-order valence-electron chi connectivity index (χ2n) is 2.87. The van der Waals surface area contributed by atoms with E-state index < -0.39 is 0 Å². The topological polar surface area (TPSA) is 29.3 Å². The molecule has 0 fully saturated rings. The molecule has 0 aliphatic carbocycles. The molecule has 0 saturated carbocycles. The van der Waals surface area contributed by atoms with Crippen LogP contribution in [0.1, 0.15) is 0 Å². The average Bonchev–Trinajstić information content (AvgIpc) is 2.04. The Balaban J connectivity index is 2.94. The number of nitrogens with two attached hydrogens (primary N) is 1. The van der Waals surface area contributed by atoms with Gasteiger partial charge in [0.2, 0.25) is 0 Å². The smallest absolute Gasteiger partial charge is 0.0600 e. The van der Waals surface area contributed by atoms with Gasteiger partial charge in [0.25, 0.3) is 0 Å². The average molecular weight is 241 g/mol. The van der Waals surface area contributed by atoms with Crippen molar-refractivity contribution in [2.45, 2.75) is 0 Å². The lowest BCUT2D eigenvalue weighted by molar-refractivity contribution is 1.03. The number of nitrogens with zero attached hydrogens (tertiary/aromatic N) is 1. The summed E-state index contributed by atoms with van der Waals surface area (Å²) >= 11 is 3.37. The molecule has 0 radical (unpaired) electrons. The lowest BCUT2D eigenvalue weighted by atomic mass is 10.2. The standard InChI is InChI=1S/C10H13BrN2/c1-3-6-13(2)10-5-4-8(11)7-9(10)12/h3-5,7H,1,6,12H2,2H3. The van der Waals surface area contributed by atoms with Crippen molar-refractivity contribution in [3.63, 3.8) is 0 Å². The van der Waals surface area contributed by atoms with Crippen molar-refractivity contribution in [2.75, 3.05) is 24.2 Å². The van der Waals surface area contributed by atoms with E-state index >= 15 is 0 Å². The minimum atomic E-state index is 0.777. The second-order valence-corrected chi connectivity index (χ2v) is 3.79. The molecule has 0 unspecified atom stereocenters. The maximum Gasteiger partial charge on any atom is 0.0600 e. The summed E-state index contributed by atoms with van der Waals surface area (Å²) in [6, 6.07) is 5.86. The third-order valence-corrected chi connectivity index (χ3v) is 2.30. The van der Waals surface area contributed by atoms with E-state index in [1.807, 2.05) is 31.3 Å². The van der Waals surface area contributed by atoms with Gasteiger partial charge in [-0.15, -0.1) is 6.58 Å². The summed E-state index contributed by atoms with van der Waals surface area (Å²) in [6.45, 7) is 4.48. The van der Waals surface area contributed by atoms with Crippen LogP contribution in [0.2, 0.25) is 0 Å². The van der Waals surface area contributed by atoms with Crippen molar-refractivity contribution < 1.29 is 0 Å². The zero-order valence-corrected chi connectivity index (χ0v) is 9.21. The lowest BCUT2D eigenvalue weighted by Crippen LogP contribution is -2.17. The van der Waals surface area contributed by atoms with Crippen LogP contribution in [0, 0.1) is 0 Å². The van der Waals surface area contributed by atoms with E-state index in [0.29, 0.717) is 0 Å². The highest BCUT2D eigenvalue weighted by Gasteiger charge is 2.03. The molecule has 0 bridgehead atoms. The molecule has 0 heterocycles. The van der Waals surface area contributed by atoms with Crippen molar-refractivity contribution in [2.24, 2.45) is 0 Å². The molecule has 0 spiro atoms. The highest BCUT2D eigenvalue weighted by molar-refractivity contribution is 9.10. The van der Waals surface area contributed by atoms with Crippen LogP contribution in [0.25, 0.3) is 0 Å². The summed E-state index contributed by atoms with van der Waals surface area (Å²) in [4.78, 5) is 2.05. The molecule has 1 rings (SSSR count). The maximum absolute atomic E-state index is 5.85. The Morgan fingerprint density at radius 1 is 1.62 bits per heavy atom. The zero-order valence-electron chi connectivity index (χ0n) is 7.63. The number of nitrogen functional groups attached to an aromatic ring is 1. The van der Waals surface area contributed by atoms with Crippen molar-refractivity contribution >= 4 is 27.3 Å². The van der Waals surface area contributed by atoms with Crippen molar-refractivity contribution in [1.82, 2.24) is 0 Å². The quantitative estimate of drug-likeness (QED) is 0.651. The van der Waals surface area contributed by atoms with Crippen molar-refractivity contribution in [3.8, 4) is 0 Å². The van der Waals surface area contributed by atoms with Gasteiger partial charge in [0.05, 0.1) is 11.4 Å². The Morgan fingerprint density at radius 3 is 2.85 bits per heavy atom. The molecule has 1 aromatic carbocycles. The van der Waals surface area contributed by atoms with Crippen LogP contribution in [-0.2, 0) is 0 Å². The van der Waals surface area contributed by atoms with E-state index in [2.05, 4.69) is 27.4 Å². The van der Waals surface area contributed by atoms with Crippen LogP contribution in [-0.4, -0.2) is 13.6 Å². The van der Waals surface area contributed by atoms with E-state index in [0.717, 1.165) is 22.4 Å². The zero-order chi connectivity index (χ0) is 9.84. The fourth-order valence-electron chi connectivity index (χ4n) is 1.17. The minimum absolute atomic E-state index is 0.777. The molecular formula is C10H13BrN2. The number of halogens is 1. The summed E-state index contributed by atoms with van der Waals surface area (Å²) in [5.74, 6) is 0. The number of hydrogen-bond acceptors (Lipinski definition) is 2. The molecule has 0 aliphatic heterocycles. The molecule has 70 valence electrons. The molecule has 13 heavy (non-hydrogen) atoms. The molecule has 0 aromatic heterocycles. The Kier molecular flexibility index (Phi) is 3.37. The highest BCUT2D eigenvalue weighted by Crippen LogP contribution is 2.25. The predicted octanol–water partition coefficient (Wildman–Crippen LogP) is 2.65. The second kappa shape index (κ2) is 4.33. The lowest BCUT2D eigenvalue weighted by Gasteiger charge is -2.19. The van der Waals surface area contributed by atoms with Crippen molar-refractivity contribution in [1.29, 1.82) is 0 Å². The van der Waals surface area contributed by atoms with E-state index in [1.54, 1.807) is 0 Å². The van der Waals surface area contributed by atoms with Gasteiger partial charge in [-0.2, -0.15) is 0 Å². The van der Waals surface area contributed by atoms with Gasteiger partial charge in [-0.1, -0.05) is 22.0 Å². The first kappa shape index (κ1) is 10.1. The van der Waals surface area contributed by atoms with Crippen LogP contribution >= 0.6 is 15.9 Å². The summed E-state index contributed by atoms with van der Waals surface area (Å²) in [7, 11) is 1.99. The Morgan fingerprint density at radius 2 is 2.31 bits per heavy atom. The molecule has 1 aromatic rings. The van der Waals surface area contributed by atoms with Crippen LogP contribution in [0.15, 0.2) is 35.3 Å². The predicted molar refractivity (Wildman–Crippen MR) is 62.0 cm³/mol. The fraction of sp³-hybridized carbons (Fsp3) is 0.200. The molecule has 0 aliphatic rings. The summed E-state index contributed by atoms with van der Waals surface area (Å²) in [5, 5.41) is 0. The fourth-order valence-corrected chi connectivity index (χ4v) is 1.54.